The third-order valence-electron chi connectivity index (χ3n) is 6.56. The van der Waals surface area contributed by atoms with Gasteiger partial charge in [0.2, 0.25) is 0 Å². The Bertz CT molecular complexity index is 1480. The molecule has 11 nitrogen and oxygen atoms in total. The summed E-state index contributed by atoms with van der Waals surface area (Å²) >= 11 is 0. The zero-order valence-electron chi connectivity index (χ0n) is 19.1. The number of piperazine rings is 1. The van der Waals surface area contributed by atoms with Gasteiger partial charge in [-0.05, 0) is 12.1 Å². The first-order chi connectivity index (χ1) is 17.0. The van der Waals surface area contributed by atoms with E-state index in [1.165, 1.54) is 4.52 Å². The number of para-hydroxylation sites is 1. The first-order valence-electron chi connectivity index (χ1n) is 11.5. The van der Waals surface area contributed by atoms with E-state index in [0.29, 0.717) is 36.7 Å². The molecule has 5 heterocycles. The van der Waals surface area contributed by atoms with Crippen LogP contribution in [0.5, 0.6) is 0 Å². The first-order valence-corrected chi connectivity index (χ1v) is 11.5. The zero-order valence-corrected chi connectivity index (χ0v) is 19.1. The topological polar surface area (TPSA) is 131 Å². The molecule has 1 atom stereocenters. The number of nitrogens with zero attached hydrogens (tertiary/aromatic N) is 6. The molecular weight excluding hydrogens is 448 g/mol. The monoisotopic (exact) mass is 472 g/mol. The van der Waals surface area contributed by atoms with Gasteiger partial charge in [-0.1, -0.05) is 25.1 Å². The number of anilines is 2. The zero-order chi connectivity index (χ0) is 24.1. The van der Waals surface area contributed by atoms with E-state index in [9.17, 15) is 9.59 Å². The van der Waals surface area contributed by atoms with Gasteiger partial charge in [-0.25, -0.2) is 9.78 Å². The molecule has 2 fully saturated rings. The van der Waals surface area contributed by atoms with Crippen molar-refractivity contribution in [3.63, 3.8) is 0 Å². The fraction of sp³-hybridized carbons (Fsp3) is 0.292. The Kier molecular flexibility index (Phi) is 4.99. The minimum Gasteiger partial charge on any atom is -0.383 e. The van der Waals surface area contributed by atoms with Crippen LogP contribution in [0.1, 0.15) is 23.7 Å². The van der Waals surface area contributed by atoms with Crippen molar-refractivity contribution < 1.29 is 14.3 Å². The van der Waals surface area contributed by atoms with Gasteiger partial charge in [0.05, 0.1) is 18.3 Å². The number of Topliss-reactive ketones (excluding diaryl/α,β-unsaturated/α-hetero) is 1. The van der Waals surface area contributed by atoms with Crippen LogP contribution >= 0.6 is 0 Å². The fourth-order valence-electron chi connectivity index (χ4n) is 4.72. The normalized spacial score (nSPS) is 18.1. The molecule has 0 bridgehead atoms. The van der Waals surface area contributed by atoms with Crippen LogP contribution < -0.4 is 16.0 Å². The average Bonchev–Trinajstić information content (AvgIpc) is 3.32. The van der Waals surface area contributed by atoms with Gasteiger partial charge in [-0.15, -0.1) is 0 Å². The molecule has 0 aliphatic carbocycles. The minimum atomic E-state index is -0.435. The smallest absolute Gasteiger partial charge is 0.321 e. The Morgan fingerprint density at radius 1 is 1.26 bits per heavy atom. The van der Waals surface area contributed by atoms with Crippen molar-refractivity contribution >= 4 is 40.0 Å². The van der Waals surface area contributed by atoms with E-state index in [1.807, 2.05) is 35.2 Å². The third kappa shape index (κ3) is 3.43. The average molecular weight is 473 g/mol. The van der Waals surface area contributed by atoms with Crippen LogP contribution in [0.15, 0.2) is 42.7 Å². The van der Waals surface area contributed by atoms with Crippen LogP contribution in [0.4, 0.5) is 16.4 Å². The van der Waals surface area contributed by atoms with Gasteiger partial charge >= 0.3 is 6.03 Å². The predicted molar refractivity (Wildman–Crippen MR) is 130 cm³/mol. The molecule has 0 spiro atoms. The number of rotatable bonds is 4. The number of amides is 2. The number of fused-ring (bicyclic) bond motifs is 3. The number of aromatic nitrogens is 4. The summed E-state index contributed by atoms with van der Waals surface area (Å²) in [5.74, 6) is 0.592. The summed E-state index contributed by atoms with van der Waals surface area (Å²) in [5.41, 5.74) is 9.91. The molecule has 178 valence electrons. The molecule has 3 N–H and O–H groups in total. The standard InChI is InChI=1S/C24H24N8O3/c1-2-18(33)20-21(25)32-22(16(11-28-32)15-9-14-5-3-4-6-17(14)26-10-15)29-23(20)30-7-8-31-19(12-30)35-13-27-24(31)34/h3-6,9-11,19H,2,7-8,12-13,25H2,1H3,(H,27,34). The molecule has 2 aliphatic rings. The molecule has 2 aliphatic heterocycles. The Morgan fingerprint density at radius 3 is 2.97 bits per heavy atom. The molecule has 2 saturated heterocycles. The summed E-state index contributed by atoms with van der Waals surface area (Å²) in [6.45, 7) is 3.23. The number of ketones is 1. The highest BCUT2D eigenvalue weighted by Crippen LogP contribution is 2.33. The number of benzene rings is 1. The van der Waals surface area contributed by atoms with Gasteiger partial charge < -0.3 is 20.7 Å². The van der Waals surface area contributed by atoms with E-state index in [0.717, 1.165) is 22.0 Å². The van der Waals surface area contributed by atoms with Gasteiger partial charge in [-0.2, -0.15) is 9.61 Å². The largest absolute Gasteiger partial charge is 0.383 e. The van der Waals surface area contributed by atoms with Crippen LogP contribution in [0.3, 0.4) is 0 Å². The lowest BCUT2D eigenvalue weighted by molar-refractivity contribution is -0.0714. The summed E-state index contributed by atoms with van der Waals surface area (Å²) in [7, 11) is 0. The third-order valence-corrected chi connectivity index (χ3v) is 6.56. The Morgan fingerprint density at radius 2 is 2.11 bits per heavy atom. The number of nitrogens with two attached hydrogens (primary N) is 1. The summed E-state index contributed by atoms with van der Waals surface area (Å²) < 4.78 is 7.26. The molecular formula is C24H24N8O3. The Balaban J connectivity index is 1.49. The number of ether oxygens (including phenoxy) is 1. The maximum Gasteiger partial charge on any atom is 0.321 e. The second-order valence-electron chi connectivity index (χ2n) is 8.57. The summed E-state index contributed by atoms with van der Waals surface area (Å²) in [6.07, 6.45) is 3.32. The number of nitrogen functional groups attached to an aromatic ring is 1. The van der Waals surface area contributed by atoms with E-state index in [4.69, 9.17) is 15.5 Å². The van der Waals surface area contributed by atoms with Gasteiger partial charge in [0.25, 0.3) is 0 Å². The molecule has 11 heteroatoms. The van der Waals surface area contributed by atoms with Crippen molar-refractivity contribution in [3.8, 4) is 11.1 Å². The number of urea groups is 1. The van der Waals surface area contributed by atoms with E-state index < -0.39 is 6.23 Å². The van der Waals surface area contributed by atoms with E-state index in [2.05, 4.69) is 15.4 Å². The molecule has 6 rings (SSSR count). The number of carbonyl (C=O) groups excluding carboxylic acids is 2. The highest BCUT2D eigenvalue weighted by Gasteiger charge is 2.36. The van der Waals surface area contributed by atoms with Crippen molar-refractivity contribution in [2.24, 2.45) is 0 Å². The second kappa shape index (κ2) is 8.20. The Labute approximate surface area is 200 Å². The SMILES string of the molecule is CCC(=O)c1c(N2CCN3C(=O)NCOC3C2)nc2c(-c3cnc4ccccc4c3)cnn2c1N. The molecule has 1 unspecified atom stereocenters. The summed E-state index contributed by atoms with van der Waals surface area (Å²) in [5, 5.41) is 8.14. The Hall–Kier alpha value is -4.25. The highest BCUT2D eigenvalue weighted by atomic mass is 16.5. The first kappa shape index (κ1) is 21.3. The van der Waals surface area contributed by atoms with Gasteiger partial charge in [0.1, 0.15) is 23.9 Å². The molecule has 0 saturated carbocycles. The summed E-state index contributed by atoms with van der Waals surface area (Å²) in [4.78, 5) is 38.3. The van der Waals surface area contributed by atoms with Crippen LogP contribution in [-0.4, -0.2) is 68.9 Å². The van der Waals surface area contributed by atoms with E-state index in [1.54, 1.807) is 24.2 Å². The molecule has 1 aromatic carbocycles. The van der Waals surface area contributed by atoms with Crippen molar-refractivity contribution in [1.29, 1.82) is 0 Å². The molecule has 3 aromatic heterocycles. The lowest BCUT2D eigenvalue weighted by atomic mass is 10.1. The van der Waals surface area contributed by atoms with Gasteiger partial charge in [-0.3, -0.25) is 14.7 Å². The second-order valence-corrected chi connectivity index (χ2v) is 8.57. The van der Waals surface area contributed by atoms with Crippen LogP contribution in [0.25, 0.3) is 27.7 Å². The highest BCUT2D eigenvalue weighted by molar-refractivity contribution is 6.05. The van der Waals surface area contributed by atoms with Crippen LogP contribution in [0.2, 0.25) is 0 Å². The number of pyridine rings is 1. The number of carbonyl (C=O) groups is 2. The van der Waals surface area contributed by atoms with E-state index >= 15 is 0 Å². The van der Waals surface area contributed by atoms with Crippen LogP contribution in [-0.2, 0) is 4.74 Å². The molecule has 0 radical (unpaired) electrons. The summed E-state index contributed by atoms with van der Waals surface area (Å²) in [6, 6.07) is 9.76. The number of nitrogens with one attached hydrogen (secondary N) is 1. The lowest BCUT2D eigenvalue weighted by Crippen LogP contribution is -2.62. The predicted octanol–water partition coefficient (Wildman–Crippen LogP) is 2.26. The van der Waals surface area contributed by atoms with Gasteiger partial charge in [0, 0.05) is 42.2 Å². The van der Waals surface area contributed by atoms with Crippen LogP contribution in [0, 0.1) is 0 Å². The van der Waals surface area contributed by atoms with Crippen molar-refractivity contribution in [2.45, 2.75) is 19.6 Å². The molecule has 4 aromatic rings. The number of hydrogen-bond donors (Lipinski definition) is 2. The maximum atomic E-state index is 13.0. The van der Waals surface area contributed by atoms with Crippen molar-refractivity contribution in [2.75, 3.05) is 37.0 Å². The molecule has 2 amide bonds. The number of hydrogen-bond acceptors (Lipinski definition) is 8. The van der Waals surface area contributed by atoms with Crippen molar-refractivity contribution in [3.05, 3.63) is 48.3 Å². The van der Waals surface area contributed by atoms with Crippen molar-refractivity contribution in [1.82, 2.24) is 29.8 Å². The lowest BCUT2D eigenvalue weighted by Gasteiger charge is -2.44. The van der Waals surface area contributed by atoms with E-state index in [-0.39, 0.29) is 30.8 Å². The quantitative estimate of drug-likeness (QED) is 0.433. The van der Waals surface area contributed by atoms with Gasteiger partial charge in [0.15, 0.2) is 17.7 Å². The minimum absolute atomic E-state index is 0.124. The molecule has 35 heavy (non-hydrogen) atoms. The maximum absolute atomic E-state index is 13.0. The fourth-order valence-corrected chi connectivity index (χ4v) is 4.72.